The summed E-state index contributed by atoms with van der Waals surface area (Å²) < 4.78 is 29.4. The predicted octanol–water partition coefficient (Wildman–Crippen LogP) is 3.15. The lowest BCUT2D eigenvalue weighted by molar-refractivity contribution is -0.115. The molecule has 0 radical (unpaired) electrons. The Morgan fingerprint density at radius 3 is 2.39 bits per heavy atom. The Kier molecular flexibility index (Phi) is 5.63. The average Bonchev–Trinajstić information content (AvgIpc) is 2.55. The largest absolute Gasteiger partial charge is 0.497 e. The molecule has 0 aromatic heterocycles. The van der Waals surface area contributed by atoms with E-state index in [4.69, 9.17) is 16.3 Å². The highest BCUT2D eigenvalue weighted by molar-refractivity contribution is 7.91. The highest BCUT2D eigenvalue weighted by atomic mass is 35.5. The van der Waals surface area contributed by atoms with Gasteiger partial charge < -0.3 is 10.1 Å². The number of benzene rings is 2. The zero-order valence-corrected chi connectivity index (χ0v) is 14.0. The van der Waals surface area contributed by atoms with E-state index in [-0.39, 0.29) is 17.1 Å². The number of halogens is 1. The van der Waals surface area contributed by atoms with Gasteiger partial charge in [-0.25, -0.2) is 8.42 Å². The fourth-order valence-electron chi connectivity index (χ4n) is 1.90. The van der Waals surface area contributed by atoms with Crippen LogP contribution in [-0.2, 0) is 14.6 Å². The van der Waals surface area contributed by atoms with Crippen LogP contribution in [-0.4, -0.2) is 27.2 Å². The van der Waals surface area contributed by atoms with Crippen molar-refractivity contribution >= 4 is 33.0 Å². The maximum atomic E-state index is 12.2. The monoisotopic (exact) mass is 353 g/mol. The van der Waals surface area contributed by atoms with Gasteiger partial charge in [-0.2, -0.15) is 0 Å². The number of carbonyl (C=O) groups excluding carboxylic acids is 1. The molecule has 0 atom stereocenters. The van der Waals surface area contributed by atoms with Crippen LogP contribution < -0.4 is 10.1 Å². The summed E-state index contributed by atoms with van der Waals surface area (Å²) in [6.45, 7) is 0. The van der Waals surface area contributed by atoms with Crippen molar-refractivity contribution in [3.05, 3.63) is 53.6 Å². The fourth-order valence-corrected chi connectivity index (χ4v) is 3.33. The van der Waals surface area contributed by atoms with Crippen LogP contribution in [0.25, 0.3) is 0 Å². The molecule has 1 N–H and O–H groups in total. The zero-order valence-electron chi connectivity index (χ0n) is 12.5. The first kappa shape index (κ1) is 17.3. The van der Waals surface area contributed by atoms with Gasteiger partial charge in [0.2, 0.25) is 5.91 Å². The topological polar surface area (TPSA) is 72.5 Å². The average molecular weight is 354 g/mol. The van der Waals surface area contributed by atoms with Crippen LogP contribution in [0.5, 0.6) is 5.75 Å². The molecular formula is C16H16ClNO4S. The van der Waals surface area contributed by atoms with E-state index in [2.05, 4.69) is 5.32 Å². The van der Waals surface area contributed by atoms with Crippen molar-refractivity contribution in [3.8, 4) is 5.75 Å². The maximum absolute atomic E-state index is 12.2. The van der Waals surface area contributed by atoms with Crippen LogP contribution >= 0.6 is 11.6 Å². The molecule has 0 saturated carbocycles. The molecular weight excluding hydrogens is 338 g/mol. The standard InChI is InChI=1S/C16H16ClNO4S/c1-22-12-6-8-13(9-7-12)23(20,21)11-10-16(19)18-15-5-3-2-4-14(15)17/h2-9H,10-11H2,1H3,(H,18,19). The molecule has 122 valence electrons. The van der Waals surface area contributed by atoms with E-state index in [0.717, 1.165) is 0 Å². The van der Waals surface area contributed by atoms with Gasteiger partial charge in [-0.3, -0.25) is 4.79 Å². The number of nitrogens with one attached hydrogen (secondary N) is 1. The molecule has 0 spiro atoms. The lowest BCUT2D eigenvalue weighted by Crippen LogP contribution is -2.17. The molecule has 0 fully saturated rings. The second-order valence-corrected chi connectivity index (χ2v) is 7.29. The summed E-state index contributed by atoms with van der Waals surface area (Å²) >= 11 is 5.94. The first-order valence-electron chi connectivity index (χ1n) is 6.83. The van der Waals surface area contributed by atoms with Crippen molar-refractivity contribution in [2.24, 2.45) is 0 Å². The van der Waals surface area contributed by atoms with Crippen LogP contribution in [0.4, 0.5) is 5.69 Å². The van der Waals surface area contributed by atoms with E-state index in [1.165, 1.54) is 19.2 Å². The second-order valence-electron chi connectivity index (χ2n) is 4.77. The number of amides is 1. The van der Waals surface area contributed by atoms with E-state index in [1.54, 1.807) is 36.4 Å². The molecule has 2 aromatic rings. The Bertz CT molecular complexity index is 788. The van der Waals surface area contributed by atoms with E-state index < -0.39 is 15.7 Å². The third kappa shape index (κ3) is 4.71. The minimum absolute atomic E-state index is 0.153. The molecule has 0 aliphatic heterocycles. The number of methoxy groups -OCH3 is 1. The summed E-state index contributed by atoms with van der Waals surface area (Å²) in [5.74, 6) is -0.120. The molecule has 5 nitrogen and oxygen atoms in total. The maximum Gasteiger partial charge on any atom is 0.225 e. The quantitative estimate of drug-likeness (QED) is 0.865. The molecule has 23 heavy (non-hydrogen) atoms. The van der Waals surface area contributed by atoms with Crippen LogP contribution in [0.15, 0.2) is 53.4 Å². The van der Waals surface area contributed by atoms with Crippen molar-refractivity contribution in [2.75, 3.05) is 18.2 Å². The van der Waals surface area contributed by atoms with Crippen molar-refractivity contribution in [1.29, 1.82) is 0 Å². The SMILES string of the molecule is COc1ccc(S(=O)(=O)CCC(=O)Nc2ccccc2Cl)cc1. The Balaban J connectivity index is 1.98. The lowest BCUT2D eigenvalue weighted by atomic mass is 10.3. The summed E-state index contributed by atoms with van der Waals surface area (Å²) in [6.07, 6.45) is -0.153. The first-order chi connectivity index (χ1) is 10.9. The number of hydrogen-bond donors (Lipinski definition) is 1. The number of para-hydroxylation sites is 1. The molecule has 1 amide bonds. The molecule has 0 saturated heterocycles. The summed E-state index contributed by atoms with van der Waals surface area (Å²) in [4.78, 5) is 12.0. The highest BCUT2D eigenvalue weighted by Crippen LogP contribution is 2.21. The van der Waals surface area contributed by atoms with E-state index in [1.807, 2.05) is 0 Å². The van der Waals surface area contributed by atoms with Crippen LogP contribution in [0.1, 0.15) is 6.42 Å². The van der Waals surface area contributed by atoms with Crippen LogP contribution in [0.2, 0.25) is 5.02 Å². The number of carbonyl (C=O) groups is 1. The predicted molar refractivity (Wildman–Crippen MR) is 89.7 cm³/mol. The summed E-state index contributed by atoms with van der Waals surface area (Å²) in [5.41, 5.74) is 0.459. The Hall–Kier alpha value is -2.05. The van der Waals surface area contributed by atoms with E-state index in [9.17, 15) is 13.2 Å². The lowest BCUT2D eigenvalue weighted by Gasteiger charge is -2.08. The number of hydrogen-bond acceptors (Lipinski definition) is 4. The van der Waals surface area contributed by atoms with Gasteiger partial charge in [0.15, 0.2) is 9.84 Å². The van der Waals surface area contributed by atoms with Gasteiger partial charge in [-0.1, -0.05) is 23.7 Å². The molecule has 0 heterocycles. The van der Waals surface area contributed by atoms with Gasteiger partial charge >= 0.3 is 0 Å². The van der Waals surface area contributed by atoms with Crippen molar-refractivity contribution in [1.82, 2.24) is 0 Å². The van der Waals surface area contributed by atoms with Crippen LogP contribution in [0, 0.1) is 0 Å². The Morgan fingerprint density at radius 1 is 1.13 bits per heavy atom. The Labute approximate surface area is 140 Å². The van der Waals surface area contributed by atoms with E-state index >= 15 is 0 Å². The summed E-state index contributed by atoms with van der Waals surface area (Å²) in [6, 6.07) is 12.8. The zero-order chi connectivity index (χ0) is 16.9. The first-order valence-corrected chi connectivity index (χ1v) is 8.86. The van der Waals surface area contributed by atoms with Crippen molar-refractivity contribution < 1.29 is 17.9 Å². The molecule has 0 bridgehead atoms. The molecule has 0 aliphatic carbocycles. The number of rotatable bonds is 6. The van der Waals surface area contributed by atoms with Gasteiger partial charge in [0.05, 0.1) is 28.5 Å². The van der Waals surface area contributed by atoms with Crippen LogP contribution in [0.3, 0.4) is 0 Å². The molecule has 7 heteroatoms. The number of anilines is 1. The van der Waals surface area contributed by atoms with Gasteiger partial charge in [-0.05, 0) is 36.4 Å². The smallest absolute Gasteiger partial charge is 0.225 e. The van der Waals surface area contributed by atoms with Gasteiger partial charge in [0.1, 0.15) is 5.75 Å². The number of ether oxygens (including phenoxy) is 1. The minimum Gasteiger partial charge on any atom is -0.497 e. The third-order valence-corrected chi connectivity index (χ3v) is 5.23. The van der Waals surface area contributed by atoms with Gasteiger partial charge in [0, 0.05) is 6.42 Å². The molecule has 0 unspecified atom stereocenters. The van der Waals surface area contributed by atoms with Gasteiger partial charge in [-0.15, -0.1) is 0 Å². The number of sulfone groups is 1. The van der Waals surface area contributed by atoms with Gasteiger partial charge in [0.25, 0.3) is 0 Å². The molecule has 0 aliphatic rings. The molecule has 2 rings (SSSR count). The summed E-state index contributed by atoms with van der Waals surface area (Å²) in [7, 11) is -2.03. The normalized spacial score (nSPS) is 11.0. The van der Waals surface area contributed by atoms with E-state index in [0.29, 0.717) is 16.5 Å². The van der Waals surface area contributed by atoms with Crippen molar-refractivity contribution in [2.45, 2.75) is 11.3 Å². The minimum atomic E-state index is -3.53. The Morgan fingerprint density at radius 2 is 1.78 bits per heavy atom. The van der Waals surface area contributed by atoms with Crippen molar-refractivity contribution in [3.63, 3.8) is 0 Å². The fraction of sp³-hybridized carbons (Fsp3) is 0.188. The molecule has 2 aromatic carbocycles. The highest BCUT2D eigenvalue weighted by Gasteiger charge is 2.17. The third-order valence-electron chi connectivity index (χ3n) is 3.16. The second kappa shape index (κ2) is 7.48. The summed E-state index contributed by atoms with van der Waals surface area (Å²) in [5, 5.41) is 3.00.